The molecular formula is C18H18N6O2. The van der Waals surface area contributed by atoms with Gasteiger partial charge in [0, 0.05) is 12.6 Å². The van der Waals surface area contributed by atoms with Crippen LogP contribution < -0.4 is 20.5 Å². The number of hydrogen-bond donors (Lipinski definition) is 2. The fourth-order valence-electron chi connectivity index (χ4n) is 2.43. The number of para-hydroxylation sites is 2. The maximum absolute atomic E-state index is 12.6. The lowest BCUT2D eigenvalue weighted by Crippen LogP contribution is -2.44. The molecule has 26 heavy (non-hydrogen) atoms. The summed E-state index contributed by atoms with van der Waals surface area (Å²) in [5, 5.41) is 19.5. The summed E-state index contributed by atoms with van der Waals surface area (Å²) in [6.45, 7) is 1.68. The molecule has 132 valence electrons. The average Bonchev–Trinajstić information content (AvgIpc) is 2.90. The Morgan fingerprint density at radius 3 is 2.38 bits per heavy atom. The Balaban J connectivity index is 1.86. The molecule has 0 aliphatic carbocycles. The number of urea groups is 1. The van der Waals surface area contributed by atoms with Crippen LogP contribution >= 0.6 is 0 Å². The second-order valence-electron chi connectivity index (χ2n) is 5.51. The molecule has 1 heterocycles. The van der Waals surface area contributed by atoms with Crippen LogP contribution in [0.3, 0.4) is 0 Å². The molecule has 0 unspecified atom stereocenters. The van der Waals surface area contributed by atoms with Gasteiger partial charge in [0.15, 0.2) is 0 Å². The van der Waals surface area contributed by atoms with E-state index in [1.165, 1.54) is 9.36 Å². The van der Waals surface area contributed by atoms with Gasteiger partial charge >= 0.3 is 11.9 Å². The van der Waals surface area contributed by atoms with Gasteiger partial charge in [0.25, 0.3) is 5.82 Å². The lowest BCUT2D eigenvalue weighted by molar-refractivity contribution is -0.731. The normalized spacial score (nSPS) is 11.2. The number of aryl methyl sites for hydroxylation is 2. The first-order valence-corrected chi connectivity index (χ1v) is 7.94. The SMILES string of the molecule is Cc1n[n+](C)c(C([O-])=Nc2ccccc2)n1NC(=O)Nc1ccccc1. The van der Waals surface area contributed by atoms with Crippen molar-refractivity contribution in [2.75, 3.05) is 10.7 Å². The molecule has 8 heteroatoms. The van der Waals surface area contributed by atoms with Crippen molar-refractivity contribution in [3.05, 3.63) is 72.3 Å². The van der Waals surface area contributed by atoms with Crippen molar-refractivity contribution in [1.29, 1.82) is 0 Å². The van der Waals surface area contributed by atoms with Crippen LogP contribution in [-0.2, 0) is 7.05 Å². The Labute approximate surface area is 150 Å². The van der Waals surface area contributed by atoms with Gasteiger partial charge in [0.1, 0.15) is 7.05 Å². The van der Waals surface area contributed by atoms with Crippen molar-refractivity contribution >= 4 is 23.3 Å². The number of aromatic nitrogens is 3. The molecule has 3 rings (SSSR count). The van der Waals surface area contributed by atoms with E-state index in [1.807, 2.05) is 24.3 Å². The number of carbonyl (C=O) groups is 1. The van der Waals surface area contributed by atoms with E-state index in [0.717, 1.165) is 0 Å². The zero-order valence-corrected chi connectivity index (χ0v) is 14.4. The minimum atomic E-state index is -0.515. The molecule has 0 saturated heterocycles. The third kappa shape index (κ3) is 3.86. The van der Waals surface area contributed by atoms with Gasteiger partial charge in [-0.1, -0.05) is 41.1 Å². The van der Waals surface area contributed by atoms with Gasteiger partial charge in [-0.05, 0) is 29.4 Å². The lowest BCUT2D eigenvalue weighted by Gasteiger charge is -2.10. The van der Waals surface area contributed by atoms with Crippen LogP contribution in [0.4, 0.5) is 16.2 Å². The molecule has 0 radical (unpaired) electrons. The molecule has 0 fully saturated rings. The molecule has 0 bridgehead atoms. The second kappa shape index (κ2) is 7.47. The van der Waals surface area contributed by atoms with Gasteiger partial charge in [-0.2, -0.15) is 5.43 Å². The Morgan fingerprint density at radius 2 is 1.73 bits per heavy atom. The fourth-order valence-corrected chi connectivity index (χ4v) is 2.43. The van der Waals surface area contributed by atoms with E-state index in [0.29, 0.717) is 17.2 Å². The monoisotopic (exact) mass is 350 g/mol. The van der Waals surface area contributed by atoms with Gasteiger partial charge in [-0.15, -0.1) is 4.68 Å². The van der Waals surface area contributed by atoms with Crippen LogP contribution in [0.25, 0.3) is 0 Å². The molecule has 1 aromatic heterocycles. The number of rotatable bonds is 4. The van der Waals surface area contributed by atoms with E-state index in [9.17, 15) is 9.90 Å². The van der Waals surface area contributed by atoms with Crippen LogP contribution in [0.2, 0.25) is 0 Å². The summed E-state index contributed by atoms with van der Waals surface area (Å²) in [5.74, 6) is 0.0659. The molecule has 0 aliphatic heterocycles. The topological polar surface area (TPSA) is 98.2 Å². The molecule has 0 spiro atoms. The molecule has 0 aliphatic rings. The van der Waals surface area contributed by atoms with Gasteiger partial charge in [0.05, 0.1) is 11.6 Å². The molecule has 0 saturated carbocycles. The molecule has 2 N–H and O–H groups in total. The van der Waals surface area contributed by atoms with Crippen molar-refractivity contribution in [3.63, 3.8) is 0 Å². The highest BCUT2D eigenvalue weighted by molar-refractivity contribution is 5.96. The predicted octanol–water partition coefficient (Wildman–Crippen LogP) is 1.23. The van der Waals surface area contributed by atoms with Crippen molar-refractivity contribution in [2.24, 2.45) is 12.0 Å². The lowest BCUT2D eigenvalue weighted by atomic mass is 10.3. The Bertz CT molecular complexity index is 935. The number of anilines is 1. The predicted molar refractivity (Wildman–Crippen MR) is 95.6 cm³/mol. The summed E-state index contributed by atoms with van der Waals surface area (Å²) in [7, 11) is 1.62. The largest absolute Gasteiger partial charge is 0.853 e. The van der Waals surface area contributed by atoms with E-state index in [-0.39, 0.29) is 5.82 Å². The molecule has 0 atom stereocenters. The Kier molecular flexibility index (Phi) is 4.93. The van der Waals surface area contributed by atoms with Crippen LogP contribution in [0.15, 0.2) is 65.7 Å². The Hall–Kier alpha value is -3.68. The highest BCUT2D eigenvalue weighted by Crippen LogP contribution is 2.11. The van der Waals surface area contributed by atoms with E-state index < -0.39 is 11.9 Å². The van der Waals surface area contributed by atoms with Gasteiger partial charge < -0.3 is 10.4 Å². The number of benzene rings is 2. The van der Waals surface area contributed by atoms with Crippen LogP contribution in [0, 0.1) is 6.92 Å². The first kappa shape index (κ1) is 17.2. The molecule has 2 amide bonds. The van der Waals surface area contributed by atoms with E-state index in [1.54, 1.807) is 50.4 Å². The summed E-state index contributed by atoms with van der Waals surface area (Å²) in [4.78, 5) is 16.3. The van der Waals surface area contributed by atoms with E-state index in [4.69, 9.17) is 0 Å². The number of aliphatic imine (C=N–C) groups is 1. The highest BCUT2D eigenvalue weighted by atomic mass is 16.3. The number of amides is 2. The Morgan fingerprint density at radius 1 is 1.12 bits per heavy atom. The fraction of sp³-hybridized carbons (Fsp3) is 0.111. The second-order valence-corrected chi connectivity index (χ2v) is 5.51. The van der Waals surface area contributed by atoms with Crippen LogP contribution in [-0.4, -0.2) is 21.7 Å². The molecule has 8 nitrogen and oxygen atoms in total. The minimum Gasteiger partial charge on any atom is -0.853 e. The third-order valence-corrected chi connectivity index (χ3v) is 3.56. The summed E-state index contributed by atoms with van der Waals surface area (Å²) in [6, 6.07) is 17.4. The smallest absolute Gasteiger partial charge is 0.355 e. The maximum atomic E-state index is 12.6. The molecule has 3 aromatic rings. The van der Waals surface area contributed by atoms with E-state index >= 15 is 0 Å². The first-order chi connectivity index (χ1) is 12.5. The van der Waals surface area contributed by atoms with Gasteiger partial charge in [-0.25, -0.2) is 4.79 Å². The summed E-state index contributed by atoms with van der Waals surface area (Å²) < 4.78 is 2.69. The standard InChI is InChI=1S/C18H18N6O2/c1-13-21-23(2)17(16(25)19-14-9-5-3-6-10-14)24(13)22-18(26)20-15-11-7-4-8-12-15/h3-12H,1-2H3,(H2-,19,20,22,25,26). The molecule has 2 aromatic carbocycles. The van der Waals surface area contributed by atoms with Crippen molar-refractivity contribution in [3.8, 4) is 0 Å². The third-order valence-electron chi connectivity index (χ3n) is 3.56. The van der Waals surface area contributed by atoms with Crippen molar-refractivity contribution in [2.45, 2.75) is 6.92 Å². The van der Waals surface area contributed by atoms with E-state index in [2.05, 4.69) is 20.8 Å². The van der Waals surface area contributed by atoms with Crippen LogP contribution in [0.1, 0.15) is 11.6 Å². The van der Waals surface area contributed by atoms with Crippen molar-refractivity contribution < 1.29 is 14.6 Å². The first-order valence-electron chi connectivity index (χ1n) is 7.94. The summed E-state index contributed by atoms with van der Waals surface area (Å²) in [5.41, 5.74) is 3.78. The average molecular weight is 350 g/mol. The zero-order valence-electron chi connectivity index (χ0n) is 14.4. The quantitative estimate of drug-likeness (QED) is 0.421. The maximum Gasteiger partial charge on any atom is 0.355 e. The number of hydrogen-bond acceptors (Lipinski definition) is 4. The summed E-state index contributed by atoms with van der Waals surface area (Å²) >= 11 is 0. The zero-order chi connectivity index (χ0) is 18.5. The minimum absolute atomic E-state index is 0.134. The number of nitrogens with zero attached hydrogens (tertiary/aromatic N) is 4. The number of carbonyl (C=O) groups excluding carboxylic acids is 1. The van der Waals surface area contributed by atoms with Gasteiger partial charge in [0.2, 0.25) is 0 Å². The molecular weight excluding hydrogens is 332 g/mol. The van der Waals surface area contributed by atoms with Crippen molar-refractivity contribution in [1.82, 2.24) is 9.77 Å². The number of nitrogens with one attached hydrogen (secondary N) is 2. The van der Waals surface area contributed by atoms with Crippen LogP contribution in [0.5, 0.6) is 0 Å². The summed E-state index contributed by atoms with van der Waals surface area (Å²) in [6.07, 6.45) is 0. The highest BCUT2D eigenvalue weighted by Gasteiger charge is 2.23. The van der Waals surface area contributed by atoms with Gasteiger partial charge in [-0.3, -0.25) is 4.99 Å².